The Bertz CT molecular complexity index is 686. The number of anilines is 1. The topological polar surface area (TPSA) is 59.3 Å². The number of hydrogen-bond acceptors (Lipinski definition) is 6. The molecular weight excluding hydrogens is 316 g/mol. The van der Waals surface area contributed by atoms with E-state index in [2.05, 4.69) is 38.0 Å². The maximum absolute atomic E-state index is 5.28. The highest BCUT2D eigenvalue weighted by atomic mass is 16.5. The smallest absolute Gasteiger partial charge is 0.228 e. The predicted molar refractivity (Wildman–Crippen MR) is 97.9 cm³/mol. The van der Waals surface area contributed by atoms with Crippen molar-refractivity contribution in [1.29, 1.82) is 0 Å². The maximum Gasteiger partial charge on any atom is 0.228 e. The second kappa shape index (κ2) is 8.29. The third-order valence-corrected chi connectivity index (χ3v) is 4.45. The summed E-state index contributed by atoms with van der Waals surface area (Å²) >= 11 is 0. The minimum absolute atomic E-state index is 0.631. The van der Waals surface area contributed by atoms with E-state index in [1.54, 1.807) is 7.11 Å². The van der Waals surface area contributed by atoms with Crippen molar-refractivity contribution in [3.05, 3.63) is 29.7 Å². The molecule has 0 aliphatic carbocycles. The van der Waals surface area contributed by atoms with E-state index in [-0.39, 0.29) is 0 Å². The monoisotopic (exact) mass is 344 g/mol. The van der Waals surface area contributed by atoms with Crippen molar-refractivity contribution in [3.8, 4) is 5.88 Å². The zero-order valence-electron chi connectivity index (χ0n) is 15.5. The molecule has 0 spiro atoms. The number of aromatic nitrogens is 4. The van der Waals surface area contributed by atoms with Crippen LogP contribution in [-0.4, -0.2) is 57.9 Å². The molecule has 0 radical (unpaired) electrons. The standard InChI is InChI=1S/C18H28N6O/c1-4-6-24-14-16(12-19-24)13-22-7-5-8-23(10-9-22)18-20-15(2)11-17(21-18)25-3/h11-12,14H,4-10,13H2,1-3H3. The highest BCUT2D eigenvalue weighted by Gasteiger charge is 2.18. The van der Waals surface area contributed by atoms with Crippen LogP contribution in [0.5, 0.6) is 5.88 Å². The molecule has 0 aromatic carbocycles. The molecule has 7 nitrogen and oxygen atoms in total. The summed E-state index contributed by atoms with van der Waals surface area (Å²) in [5.74, 6) is 1.40. The molecule has 2 aromatic heterocycles. The molecule has 0 unspecified atom stereocenters. The summed E-state index contributed by atoms with van der Waals surface area (Å²) in [6, 6.07) is 1.86. The van der Waals surface area contributed by atoms with Crippen LogP contribution in [0.4, 0.5) is 5.95 Å². The van der Waals surface area contributed by atoms with Crippen LogP contribution in [0, 0.1) is 6.92 Å². The van der Waals surface area contributed by atoms with Gasteiger partial charge in [-0.1, -0.05) is 6.92 Å². The quantitative estimate of drug-likeness (QED) is 0.800. The number of aryl methyl sites for hydroxylation is 2. The van der Waals surface area contributed by atoms with Crippen LogP contribution in [0.3, 0.4) is 0 Å². The first kappa shape index (κ1) is 17.7. The first-order chi connectivity index (χ1) is 12.2. The molecule has 0 bridgehead atoms. The van der Waals surface area contributed by atoms with E-state index >= 15 is 0 Å². The number of rotatable bonds is 6. The van der Waals surface area contributed by atoms with E-state index in [9.17, 15) is 0 Å². The van der Waals surface area contributed by atoms with E-state index in [4.69, 9.17) is 4.74 Å². The Morgan fingerprint density at radius 2 is 2.04 bits per heavy atom. The van der Waals surface area contributed by atoms with Gasteiger partial charge in [0.15, 0.2) is 0 Å². The van der Waals surface area contributed by atoms with Crippen molar-refractivity contribution in [2.75, 3.05) is 38.2 Å². The van der Waals surface area contributed by atoms with Gasteiger partial charge in [0.25, 0.3) is 0 Å². The number of ether oxygens (including phenoxy) is 1. The fourth-order valence-electron chi connectivity index (χ4n) is 3.20. The van der Waals surface area contributed by atoms with Crippen LogP contribution in [0.25, 0.3) is 0 Å². The molecule has 0 saturated carbocycles. The van der Waals surface area contributed by atoms with Crippen molar-refractivity contribution >= 4 is 5.95 Å². The van der Waals surface area contributed by atoms with E-state index in [1.165, 1.54) is 5.56 Å². The van der Waals surface area contributed by atoms with Crippen LogP contribution in [0.1, 0.15) is 31.0 Å². The first-order valence-corrected chi connectivity index (χ1v) is 9.06. The Balaban J connectivity index is 1.61. The SMILES string of the molecule is CCCn1cc(CN2CCCN(c3nc(C)cc(OC)n3)CC2)cn1. The molecule has 25 heavy (non-hydrogen) atoms. The molecule has 1 aliphatic rings. The molecule has 1 fully saturated rings. The molecule has 0 amide bonds. The Morgan fingerprint density at radius 3 is 2.84 bits per heavy atom. The highest BCUT2D eigenvalue weighted by molar-refractivity contribution is 5.34. The van der Waals surface area contributed by atoms with Gasteiger partial charge < -0.3 is 9.64 Å². The zero-order valence-corrected chi connectivity index (χ0v) is 15.5. The lowest BCUT2D eigenvalue weighted by molar-refractivity contribution is 0.285. The second-order valence-electron chi connectivity index (χ2n) is 6.58. The van der Waals surface area contributed by atoms with Gasteiger partial charge in [-0.3, -0.25) is 9.58 Å². The van der Waals surface area contributed by atoms with E-state index in [0.29, 0.717) is 5.88 Å². The Labute approximate surface area is 149 Å². The summed E-state index contributed by atoms with van der Waals surface area (Å²) in [7, 11) is 1.65. The summed E-state index contributed by atoms with van der Waals surface area (Å²) < 4.78 is 7.32. The molecule has 2 aromatic rings. The summed E-state index contributed by atoms with van der Waals surface area (Å²) in [5, 5.41) is 4.43. The average Bonchev–Trinajstić information content (AvgIpc) is 2.90. The molecule has 0 N–H and O–H groups in total. The van der Waals surface area contributed by atoms with Gasteiger partial charge in [0.1, 0.15) is 0 Å². The van der Waals surface area contributed by atoms with Gasteiger partial charge in [-0.25, -0.2) is 4.98 Å². The predicted octanol–water partition coefficient (Wildman–Crippen LogP) is 2.11. The van der Waals surface area contributed by atoms with Gasteiger partial charge in [-0.05, 0) is 19.8 Å². The third-order valence-electron chi connectivity index (χ3n) is 4.45. The van der Waals surface area contributed by atoms with Crippen LogP contribution in [0.2, 0.25) is 0 Å². The van der Waals surface area contributed by atoms with Gasteiger partial charge in [0.05, 0.1) is 13.3 Å². The molecule has 3 heterocycles. The van der Waals surface area contributed by atoms with Crippen LogP contribution >= 0.6 is 0 Å². The molecule has 1 aliphatic heterocycles. The maximum atomic E-state index is 5.28. The summed E-state index contributed by atoms with van der Waals surface area (Å²) in [4.78, 5) is 13.8. The molecule has 1 saturated heterocycles. The summed E-state index contributed by atoms with van der Waals surface area (Å²) in [6.07, 6.45) is 6.37. The van der Waals surface area contributed by atoms with E-state index in [0.717, 1.165) is 63.8 Å². The number of nitrogens with zero attached hydrogens (tertiary/aromatic N) is 6. The van der Waals surface area contributed by atoms with Gasteiger partial charge in [0.2, 0.25) is 11.8 Å². The Kier molecular flexibility index (Phi) is 5.86. The van der Waals surface area contributed by atoms with E-state index in [1.807, 2.05) is 23.9 Å². The van der Waals surface area contributed by atoms with Crippen molar-refractivity contribution < 1.29 is 4.74 Å². The van der Waals surface area contributed by atoms with Crippen molar-refractivity contribution in [2.24, 2.45) is 0 Å². The summed E-state index contributed by atoms with van der Waals surface area (Å²) in [5.41, 5.74) is 2.22. The molecule has 7 heteroatoms. The van der Waals surface area contributed by atoms with Gasteiger partial charge in [-0.15, -0.1) is 0 Å². The van der Waals surface area contributed by atoms with E-state index < -0.39 is 0 Å². The van der Waals surface area contributed by atoms with Gasteiger partial charge in [0, 0.05) is 62.8 Å². The molecule has 3 rings (SSSR count). The fraction of sp³-hybridized carbons (Fsp3) is 0.611. The van der Waals surface area contributed by atoms with Crippen molar-refractivity contribution in [3.63, 3.8) is 0 Å². The minimum atomic E-state index is 0.631. The van der Waals surface area contributed by atoms with Crippen molar-refractivity contribution in [2.45, 2.75) is 39.8 Å². The minimum Gasteiger partial charge on any atom is -0.481 e. The second-order valence-corrected chi connectivity index (χ2v) is 6.58. The Morgan fingerprint density at radius 1 is 1.16 bits per heavy atom. The lowest BCUT2D eigenvalue weighted by Crippen LogP contribution is -2.31. The highest BCUT2D eigenvalue weighted by Crippen LogP contribution is 2.17. The van der Waals surface area contributed by atoms with Gasteiger partial charge >= 0.3 is 0 Å². The summed E-state index contributed by atoms with van der Waals surface area (Å²) in [6.45, 7) is 10.1. The molecular formula is C18H28N6O. The van der Waals surface area contributed by atoms with Crippen LogP contribution in [-0.2, 0) is 13.1 Å². The lowest BCUT2D eigenvalue weighted by Gasteiger charge is -2.22. The van der Waals surface area contributed by atoms with Crippen LogP contribution < -0.4 is 9.64 Å². The first-order valence-electron chi connectivity index (χ1n) is 9.06. The van der Waals surface area contributed by atoms with Crippen molar-refractivity contribution in [1.82, 2.24) is 24.6 Å². The number of methoxy groups -OCH3 is 1. The average molecular weight is 344 g/mol. The normalized spacial score (nSPS) is 16.0. The molecule has 0 atom stereocenters. The van der Waals surface area contributed by atoms with Gasteiger partial charge in [-0.2, -0.15) is 10.1 Å². The van der Waals surface area contributed by atoms with Crippen LogP contribution in [0.15, 0.2) is 18.5 Å². The number of hydrogen-bond donors (Lipinski definition) is 0. The lowest BCUT2D eigenvalue weighted by atomic mass is 10.3. The molecule has 136 valence electrons. The third kappa shape index (κ3) is 4.69. The Hall–Kier alpha value is -2.15. The fourth-order valence-corrected chi connectivity index (χ4v) is 3.20. The zero-order chi connectivity index (χ0) is 17.6. The largest absolute Gasteiger partial charge is 0.481 e.